The van der Waals surface area contributed by atoms with Gasteiger partial charge in [-0.3, -0.25) is 24.6 Å². The summed E-state index contributed by atoms with van der Waals surface area (Å²) in [6.45, 7) is 4.31. The van der Waals surface area contributed by atoms with E-state index in [4.69, 9.17) is 10.5 Å². The number of aliphatic hydroxyl groups is 4. The summed E-state index contributed by atoms with van der Waals surface area (Å²) in [6, 6.07) is 1.71. The van der Waals surface area contributed by atoms with Gasteiger partial charge in [0.1, 0.15) is 22.8 Å². The minimum atomic E-state index is -2.97. The Morgan fingerprint density at radius 3 is 2.46 bits per heavy atom. The zero-order valence-electron chi connectivity index (χ0n) is 20.5. The fourth-order valence-corrected chi connectivity index (χ4v) is 5.73. The third-order valence-corrected chi connectivity index (χ3v) is 7.39. The van der Waals surface area contributed by atoms with E-state index < -0.39 is 69.7 Å². The van der Waals surface area contributed by atoms with Gasteiger partial charge in [-0.1, -0.05) is 18.7 Å². The molecule has 0 unspecified atom stereocenters. The normalized spacial score (nSPS) is 29.4. The number of phenolic OH excluding ortho intramolecular Hbond substituents is 1. The van der Waals surface area contributed by atoms with E-state index in [0.717, 1.165) is 0 Å². The molecule has 3 aliphatic rings. The van der Waals surface area contributed by atoms with Gasteiger partial charge in [0.15, 0.2) is 11.4 Å². The molecular weight excluding hydrogens is 486 g/mol. The van der Waals surface area contributed by atoms with Crippen LogP contribution < -0.4 is 11.1 Å². The number of aliphatic hydroxyl groups excluding tert-OH is 3. The Morgan fingerprint density at radius 1 is 1.24 bits per heavy atom. The van der Waals surface area contributed by atoms with Crippen LogP contribution in [0.5, 0.6) is 5.75 Å². The van der Waals surface area contributed by atoms with Crippen LogP contribution in [0.25, 0.3) is 11.3 Å². The molecule has 0 bridgehead atoms. The number of fused-ring (bicyclic) bond motifs is 3. The highest BCUT2D eigenvalue weighted by Gasteiger charge is 2.68. The number of aromatic hydroxyl groups is 1. The van der Waals surface area contributed by atoms with E-state index >= 15 is 0 Å². The molecule has 1 aromatic rings. The highest BCUT2D eigenvalue weighted by molar-refractivity contribution is 6.25. The average Bonchev–Trinajstić information content (AvgIpc) is 2.82. The monoisotopic (exact) mass is 515 g/mol. The Kier molecular flexibility index (Phi) is 6.51. The second-order valence-corrected chi connectivity index (χ2v) is 9.59. The molecular formula is C25H29N3O9. The molecule has 0 radical (unpaired) electrons. The number of nitrogens with one attached hydrogen (secondary N) is 1. The van der Waals surface area contributed by atoms with Crippen LogP contribution in [0.2, 0.25) is 0 Å². The Bertz CT molecular complexity index is 1300. The Balaban J connectivity index is 1.98. The van der Waals surface area contributed by atoms with Gasteiger partial charge in [0.05, 0.1) is 35.9 Å². The van der Waals surface area contributed by atoms with E-state index in [0.29, 0.717) is 5.56 Å². The summed E-state index contributed by atoms with van der Waals surface area (Å²) in [5.74, 6) is -8.93. The number of ether oxygens (including phenoxy) is 1. The maximum atomic E-state index is 13.9. The summed E-state index contributed by atoms with van der Waals surface area (Å²) < 4.78 is 4.93. The second-order valence-electron chi connectivity index (χ2n) is 9.59. The largest absolute Gasteiger partial charge is 0.508 e. The molecule has 1 aromatic carbocycles. The topological polar surface area (TPSA) is 203 Å². The number of rotatable bonds is 6. The van der Waals surface area contributed by atoms with Gasteiger partial charge >= 0.3 is 0 Å². The number of carbonyl (C=O) groups is 3. The lowest BCUT2D eigenvalue weighted by Gasteiger charge is -2.52. The van der Waals surface area contributed by atoms with Gasteiger partial charge in [-0.15, -0.1) is 0 Å². The van der Waals surface area contributed by atoms with Gasteiger partial charge in [0.25, 0.3) is 5.91 Å². The fraction of sp³-hybridized carbons (Fsp3) is 0.400. The number of amides is 1. The van der Waals surface area contributed by atoms with Crippen LogP contribution in [0.4, 0.5) is 0 Å². The molecule has 3 aliphatic carbocycles. The number of benzene rings is 1. The molecule has 0 aromatic heterocycles. The van der Waals surface area contributed by atoms with E-state index in [1.807, 2.05) is 0 Å². The van der Waals surface area contributed by atoms with Gasteiger partial charge < -0.3 is 36.0 Å². The second kappa shape index (κ2) is 9.08. The van der Waals surface area contributed by atoms with E-state index in [1.165, 1.54) is 26.1 Å². The highest BCUT2D eigenvalue weighted by atomic mass is 16.5. The molecule has 1 amide bonds. The molecule has 0 saturated heterocycles. The number of Topliss-reactive ketones (excluding diaryl/α,β-unsaturated/α-hetero) is 2. The minimum Gasteiger partial charge on any atom is -0.508 e. The molecule has 198 valence electrons. The zero-order valence-corrected chi connectivity index (χ0v) is 20.5. The third kappa shape index (κ3) is 3.52. The van der Waals surface area contributed by atoms with Crippen molar-refractivity contribution >= 4 is 28.8 Å². The first-order valence-corrected chi connectivity index (χ1v) is 11.4. The molecule has 0 heterocycles. The first-order chi connectivity index (χ1) is 17.3. The van der Waals surface area contributed by atoms with Crippen molar-refractivity contribution < 1.29 is 44.7 Å². The summed E-state index contributed by atoms with van der Waals surface area (Å²) in [6.07, 6.45) is -1.72. The molecule has 0 aliphatic heterocycles. The van der Waals surface area contributed by atoms with Gasteiger partial charge in [-0.05, 0) is 25.2 Å². The predicted octanol–water partition coefficient (Wildman–Crippen LogP) is -0.901. The van der Waals surface area contributed by atoms with Crippen molar-refractivity contribution in [3.05, 3.63) is 52.3 Å². The van der Waals surface area contributed by atoms with Gasteiger partial charge in [-0.2, -0.15) is 0 Å². The number of ketones is 2. The summed E-state index contributed by atoms with van der Waals surface area (Å²) in [5.41, 5.74) is 1.42. The van der Waals surface area contributed by atoms with Crippen LogP contribution in [0.3, 0.4) is 0 Å². The molecule has 1 fully saturated rings. The first kappa shape index (κ1) is 26.5. The van der Waals surface area contributed by atoms with Crippen molar-refractivity contribution in [3.63, 3.8) is 0 Å². The van der Waals surface area contributed by atoms with Gasteiger partial charge in [0.2, 0.25) is 5.78 Å². The van der Waals surface area contributed by atoms with Crippen molar-refractivity contribution in [2.75, 3.05) is 27.9 Å². The van der Waals surface area contributed by atoms with Crippen LogP contribution in [0.1, 0.15) is 16.7 Å². The molecule has 5 atom stereocenters. The quantitative estimate of drug-likeness (QED) is 0.140. The lowest BCUT2D eigenvalue weighted by molar-refractivity contribution is -0.166. The lowest BCUT2D eigenvalue weighted by Crippen LogP contribution is -2.70. The van der Waals surface area contributed by atoms with Crippen molar-refractivity contribution in [2.24, 2.45) is 17.6 Å². The number of phenols is 1. The molecule has 1 saturated carbocycles. The average molecular weight is 516 g/mol. The number of hydrogen-bond acceptors (Lipinski definition) is 11. The van der Waals surface area contributed by atoms with E-state index in [1.54, 1.807) is 12.1 Å². The Hall–Kier alpha value is -3.55. The maximum Gasteiger partial charge on any atom is 0.255 e. The van der Waals surface area contributed by atoms with E-state index in [2.05, 4.69) is 11.9 Å². The lowest BCUT2D eigenvalue weighted by atomic mass is 9.55. The Morgan fingerprint density at radius 2 is 1.89 bits per heavy atom. The molecule has 12 heteroatoms. The van der Waals surface area contributed by atoms with E-state index in [-0.39, 0.29) is 35.7 Å². The summed E-state index contributed by atoms with van der Waals surface area (Å²) in [7, 11) is 4.35. The zero-order chi connectivity index (χ0) is 27.6. The van der Waals surface area contributed by atoms with Crippen molar-refractivity contribution in [1.29, 1.82) is 0 Å². The van der Waals surface area contributed by atoms with Crippen molar-refractivity contribution in [2.45, 2.75) is 24.3 Å². The number of primary amides is 1. The minimum absolute atomic E-state index is 0.145. The van der Waals surface area contributed by atoms with Crippen LogP contribution in [-0.4, -0.2) is 93.6 Å². The SMILES string of the molecule is C=C1c2ccc(CNCOC)c(O)c2C(O)=C2C(=O)[C@@]3(O)C(O)=C(C(N)=O)C(=O)[C@H](N(C)C)[C@@H]3[C@H](O)[C@H]12. The number of nitrogens with two attached hydrogens (primary N) is 1. The maximum absolute atomic E-state index is 13.9. The number of methoxy groups -OCH3 is 1. The molecule has 37 heavy (non-hydrogen) atoms. The molecule has 0 spiro atoms. The van der Waals surface area contributed by atoms with Crippen LogP contribution in [0.15, 0.2) is 35.6 Å². The van der Waals surface area contributed by atoms with Crippen LogP contribution >= 0.6 is 0 Å². The number of hydrogen-bond donors (Lipinski definition) is 7. The summed E-state index contributed by atoms with van der Waals surface area (Å²) >= 11 is 0. The smallest absolute Gasteiger partial charge is 0.255 e. The van der Waals surface area contributed by atoms with Crippen LogP contribution in [-0.2, 0) is 25.7 Å². The standard InChI is InChI=1S/C25H29N3O9/c1-9-11-6-5-10(7-27-8-37-4)18(29)13(11)19(30)14-12(9)20(31)16-17(28(2)3)21(32)15(24(26)35)23(34)25(16,36)22(14)33/h5-6,12,16-17,20,27,29-31,34,36H,1,7-8H2,2-4H3,(H2,26,35)/t12-,16-,17-,20-,25-/m1/s1. The number of likely N-dealkylation sites (N-methyl/N-ethyl adjacent to an activating group) is 1. The fourth-order valence-electron chi connectivity index (χ4n) is 5.73. The van der Waals surface area contributed by atoms with E-state index in [9.17, 15) is 39.9 Å². The number of nitrogens with zero attached hydrogens (tertiary/aromatic N) is 1. The van der Waals surface area contributed by atoms with Crippen molar-refractivity contribution in [3.8, 4) is 5.75 Å². The highest BCUT2D eigenvalue weighted by Crippen LogP contribution is 2.55. The van der Waals surface area contributed by atoms with Gasteiger partial charge in [-0.25, -0.2) is 0 Å². The van der Waals surface area contributed by atoms with Crippen molar-refractivity contribution in [1.82, 2.24) is 10.2 Å². The van der Waals surface area contributed by atoms with Crippen LogP contribution in [0, 0.1) is 11.8 Å². The number of carbonyl (C=O) groups excluding carboxylic acids is 3. The Labute approximate surface area is 211 Å². The molecule has 8 N–H and O–H groups in total. The summed E-state index contributed by atoms with van der Waals surface area (Å²) in [5, 5.41) is 59.2. The molecule has 4 rings (SSSR count). The molecule has 12 nitrogen and oxygen atoms in total. The van der Waals surface area contributed by atoms with Gasteiger partial charge in [0, 0.05) is 25.1 Å². The predicted molar refractivity (Wildman–Crippen MR) is 130 cm³/mol. The third-order valence-electron chi connectivity index (χ3n) is 7.39. The summed E-state index contributed by atoms with van der Waals surface area (Å²) in [4.78, 5) is 40.4. The first-order valence-electron chi connectivity index (χ1n) is 11.4.